The highest BCUT2D eigenvalue weighted by Crippen LogP contribution is 2.30. The number of benzene rings is 2. The van der Waals surface area contributed by atoms with Crippen LogP contribution in [0.2, 0.25) is 0 Å². The molecule has 0 radical (unpaired) electrons. The van der Waals surface area contributed by atoms with E-state index in [1.165, 1.54) is 6.07 Å². The molecule has 0 fully saturated rings. The molecule has 2 aromatic rings. The molecule has 1 unspecified atom stereocenters. The molecule has 0 heterocycles. The van der Waals surface area contributed by atoms with Crippen LogP contribution in [0, 0.1) is 5.82 Å². The average molecular weight is 452 g/mol. The molecule has 2 aromatic carbocycles. The smallest absolute Gasteiger partial charge is 0.137 e. The van der Waals surface area contributed by atoms with Gasteiger partial charge < -0.3 is 5.73 Å². The summed E-state index contributed by atoms with van der Waals surface area (Å²) < 4.78 is 15.9. The number of hydrogen-bond acceptors (Lipinski definition) is 1. The SMILES string of the molecule is NC(Cc1cccc(F)c1Br)c1cc(Br)ccc1Br. The molecule has 0 amide bonds. The predicted octanol–water partition coefficient (Wildman–Crippen LogP) is 5.36. The Morgan fingerprint density at radius 2 is 1.84 bits per heavy atom. The molecular weight excluding hydrogens is 441 g/mol. The Morgan fingerprint density at radius 3 is 2.58 bits per heavy atom. The first-order valence-corrected chi connectivity index (χ1v) is 8.00. The van der Waals surface area contributed by atoms with E-state index in [-0.39, 0.29) is 11.9 Å². The largest absolute Gasteiger partial charge is 0.324 e. The van der Waals surface area contributed by atoms with Gasteiger partial charge in [0.25, 0.3) is 0 Å². The maximum atomic E-state index is 13.5. The molecule has 5 heteroatoms. The van der Waals surface area contributed by atoms with Crippen molar-refractivity contribution in [3.8, 4) is 0 Å². The van der Waals surface area contributed by atoms with E-state index in [9.17, 15) is 4.39 Å². The summed E-state index contributed by atoms with van der Waals surface area (Å²) in [5.41, 5.74) is 8.07. The predicted molar refractivity (Wildman–Crippen MR) is 86.6 cm³/mol. The van der Waals surface area contributed by atoms with Gasteiger partial charge >= 0.3 is 0 Å². The van der Waals surface area contributed by atoms with Crippen molar-refractivity contribution in [1.82, 2.24) is 0 Å². The molecule has 2 N–H and O–H groups in total. The van der Waals surface area contributed by atoms with Gasteiger partial charge in [-0.2, -0.15) is 0 Å². The Bertz CT molecular complexity index is 601. The van der Waals surface area contributed by atoms with E-state index in [2.05, 4.69) is 47.8 Å². The number of rotatable bonds is 3. The van der Waals surface area contributed by atoms with Crippen LogP contribution < -0.4 is 5.73 Å². The van der Waals surface area contributed by atoms with Crippen LogP contribution in [0.25, 0.3) is 0 Å². The summed E-state index contributed by atoms with van der Waals surface area (Å²) in [6.07, 6.45) is 0.563. The highest BCUT2D eigenvalue weighted by atomic mass is 79.9. The molecule has 0 saturated carbocycles. The number of hydrogen-bond donors (Lipinski definition) is 1. The van der Waals surface area contributed by atoms with Crippen LogP contribution in [0.15, 0.2) is 49.8 Å². The molecular formula is C14H11Br3FN. The van der Waals surface area contributed by atoms with E-state index < -0.39 is 0 Å². The molecule has 0 aliphatic heterocycles. The van der Waals surface area contributed by atoms with Crippen molar-refractivity contribution >= 4 is 47.8 Å². The summed E-state index contributed by atoms with van der Waals surface area (Å²) in [4.78, 5) is 0. The molecule has 0 aliphatic rings. The quantitative estimate of drug-likeness (QED) is 0.668. The lowest BCUT2D eigenvalue weighted by atomic mass is 10.00. The molecule has 19 heavy (non-hydrogen) atoms. The van der Waals surface area contributed by atoms with Gasteiger partial charge in [-0.25, -0.2) is 4.39 Å². The number of halogens is 4. The van der Waals surface area contributed by atoms with Crippen molar-refractivity contribution < 1.29 is 4.39 Å². The van der Waals surface area contributed by atoms with E-state index in [1.807, 2.05) is 24.3 Å². The normalized spacial score (nSPS) is 12.5. The molecule has 0 bridgehead atoms. The fourth-order valence-electron chi connectivity index (χ4n) is 1.85. The molecule has 2 rings (SSSR count). The van der Waals surface area contributed by atoms with Crippen LogP contribution in [0.5, 0.6) is 0 Å². The van der Waals surface area contributed by atoms with Gasteiger partial charge in [-0.15, -0.1) is 0 Å². The average Bonchev–Trinajstić information content (AvgIpc) is 2.38. The van der Waals surface area contributed by atoms with E-state index in [1.54, 1.807) is 6.07 Å². The van der Waals surface area contributed by atoms with E-state index in [0.29, 0.717) is 10.9 Å². The Labute approximate surface area is 136 Å². The zero-order valence-corrected chi connectivity index (χ0v) is 14.6. The molecule has 0 saturated heterocycles. The fourth-order valence-corrected chi connectivity index (χ4v) is 3.20. The molecule has 0 spiro atoms. The summed E-state index contributed by atoms with van der Waals surface area (Å²) in [5.74, 6) is -0.266. The first kappa shape index (κ1) is 15.2. The Morgan fingerprint density at radius 1 is 1.11 bits per heavy atom. The third-order valence-corrected chi connectivity index (χ3v) is 4.93. The van der Waals surface area contributed by atoms with Gasteiger partial charge in [-0.05, 0) is 57.7 Å². The minimum Gasteiger partial charge on any atom is -0.324 e. The zero-order valence-electron chi connectivity index (χ0n) is 9.84. The third kappa shape index (κ3) is 3.66. The summed E-state index contributed by atoms with van der Waals surface area (Å²) in [6, 6.07) is 10.6. The maximum Gasteiger partial charge on any atom is 0.137 e. The van der Waals surface area contributed by atoms with E-state index in [4.69, 9.17) is 5.73 Å². The molecule has 1 nitrogen and oxygen atoms in total. The lowest BCUT2D eigenvalue weighted by molar-refractivity contribution is 0.614. The fraction of sp³-hybridized carbons (Fsp3) is 0.143. The van der Waals surface area contributed by atoms with Crippen LogP contribution in [-0.2, 0) is 6.42 Å². The Kier molecular flexibility index (Phi) is 5.17. The third-order valence-electron chi connectivity index (χ3n) is 2.83. The van der Waals surface area contributed by atoms with Gasteiger partial charge in [-0.3, -0.25) is 0 Å². The lowest BCUT2D eigenvalue weighted by Gasteiger charge is -2.15. The van der Waals surface area contributed by atoms with Gasteiger partial charge in [0.15, 0.2) is 0 Å². The summed E-state index contributed by atoms with van der Waals surface area (Å²) in [6.45, 7) is 0. The standard InChI is InChI=1S/C14H11Br3FN/c15-9-4-5-11(16)10(7-9)13(19)6-8-2-1-3-12(18)14(8)17/h1-5,7,13H,6,19H2. The minimum absolute atomic E-state index is 0.204. The Hall–Kier alpha value is -0.230. The van der Waals surface area contributed by atoms with Gasteiger partial charge in [0.1, 0.15) is 5.82 Å². The van der Waals surface area contributed by atoms with Crippen LogP contribution in [0.1, 0.15) is 17.2 Å². The maximum absolute atomic E-state index is 13.5. The van der Waals surface area contributed by atoms with Crippen molar-refractivity contribution in [2.24, 2.45) is 5.73 Å². The molecule has 1 atom stereocenters. The van der Waals surface area contributed by atoms with Crippen molar-refractivity contribution in [3.63, 3.8) is 0 Å². The molecule has 0 aliphatic carbocycles. The Balaban J connectivity index is 2.28. The topological polar surface area (TPSA) is 26.0 Å². The second-order valence-electron chi connectivity index (χ2n) is 4.19. The van der Waals surface area contributed by atoms with Gasteiger partial charge in [0.05, 0.1) is 4.47 Å². The summed E-state index contributed by atoms with van der Waals surface area (Å²) in [7, 11) is 0. The van der Waals surface area contributed by atoms with Crippen LogP contribution >= 0.6 is 47.8 Å². The van der Waals surface area contributed by atoms with Crippen LogP contribution in [0.3, 0.4) is 0 Å². The summed E-state index contributed by atoms with van der Waals surface area (Å²) in [5, 5.41) is 0. The second kappa shape index (κ2) is 6.48. The zero-order chi connectivity index (χ0) is 14.0. The van der Waals surface area contributed by atoms with Gasteiger partial charge in [0.2, 0.25) is 0 Å². The van der Waals surface area contributed by atoms with E-state index >= 15 is 0 Å². The minimum atomic E-state index is -0.266. The van der Waals surface area contributed by atoms with Crippen LogP contribution in [-0.4, -0.2) is 0 Å². The van der Waals surface area contributed by atoms with Gasteiger partial charge in [0, 0.05) is 15.0 Å². The van der Waals surface area contributed by atoms with Crippen molar-refractivity contribution in [1.29, 1.82) is 0 Å². The first-order valence-electron chi connectivity index (χ1n) is 5.62. The molecule has 100 valence electrons. The van der Waals surface area contributed by atoms with Gasteiger partial charge in [-0.1, -0.05) is 44.0 Å². The number of nitrogens with two attached hydrogens (primary N) is 1. The van der Waals surface area contributed by atoms with Crippen molar-refractivity contribution in [2.45, 2.75) is 12.5 Å². The van der Waals surface area contributed by atoms with Crippen LogP contribution in [0.4, 0.5) is 4.39 Å². The highest BCUT2D eigenvalue weighted by Gasteiger charge is 2.14. The second-order valence-corrected chi connectivity index (χ2v) is 6.75. The van der Waals surface area contributed by atoms with Crippen molar-refractivity contribution in [3.05, 3.63) is 66.8 Å². The highest BCUT2D eigenvalue weighted by molar-refractivity contribution is 9.11. The summed E-state index contributed by atoms with van der Waals surface area (Å²) >= 11 is 10.2. The van der Waals surface area contributed by atoms with E-state index in [0.717, 1.165) is 20.1 Å². The monoisotopic (exact) mass is 449 g/mol. The lowest BCUT2D eigenvalue weighted by Crippen LogP contribution is -2.14. The first-order chi connectivity index (χ1) is 8.99. The molecule has 0 aromatic heterocycles. The van der Waals surface area contributed by atoms with Crippen molar-refractivity contribution in [2.75, 3.05) is 0 Å².